The highest BCUT2D eigenvalue weighted by molar-refractivity contribution is 7.80. The van der Waals surface area contributed by atoms with Gasteiger partial charge in [0.15, 0.2) is 11.6 Å². The molecule has 1 aromatic carbocycles. The third-order valence-corrected chi connectivity index (χ3v) is 2.32. The van der Waals surface area contributed by atoms with Gasteiger partial charge in [0.05, 0.1) is 11.5 Å². The lowest BCUT2D eigenvalue weighted by molar-refractivity contribution is 0.283. The van der Waals surface area contributed by atoms with Gasteiger partial charge in [-0.05, 0) is 12.5 Å². The summed E-state index contributed by atoms with van der Waals surface area (Å²) in [5.41, 5.74) is 0. The molecule has 0 N–H and O–H groups in total. The van der Waals surface area contributed by atoms with E-state index in [1.807, 2.05) is 0 Å². The highest BCUT2D eigenvalue weighted by Gasteiger charge is 2.09. The number of hydrogen-bond donors (Lipinski definition) is 1. The molecule has 0 heterocycles. The number of hydrogen-bond acceptors (Lipinski definition) is 2. The van der Waals surface area contributed by atoms with Gasteiger partial charge in [-0.25, -0.2) is 8.78 Å². The van der Waals surface area contributed by atoms with Crippen LogP contribution in [0.4, 0.5) is 8.78 Å². The van der Waals surface area contributed by atoms with E-state index >= 15 is 0 Å². The average Bonchev–Trinajstić information content (AvgIpc) is 2.15. The van der Waals surface area contributed by atoms with Crippen molar-refractivity contribution in [1.29, 1.82) is 0 Å². The Balaban J connectivity index is 2.60. The molecule has 4 heteroatoms. The van der Waals surface area contributed by atoms with Gasteiger partial charge in [0.25, 0.3) is 0 Å². The van der Waals surface area contributed by atoms with E-state index in [-0.39, 0.29) is 10.6 Å². The highest BCUT2D eigenvalue weighted by atomic mass is 32.1. The molecule has 0 amide bonds. The Morgan fingerprint density at radius 3 is 2.60 bits per heavy atom. The second kappa shape index (κ2) is 5.95. The van der Waals surface area contributed by atoms with Gasteiger partial charge in [0, 0.05) is 6.07 Å². The molecule has 0 spiro atoms. The molecule has 0 unspecified atom stereocenters. The predicted octanol–water partition coefficient (Wildman–Crippen LogP) is 3.82. The van der Waals surface area contributed by atoms with E-state index in [4.69, 9.17) is 4.74 Å². The average molecular weight is 232 g/mol. The smallest absolute Gasteiger partial charge is 0.169 e. The first-order valence-corrected chi connectivity index (χ1v) is 5.40. The zero-order valence-corrected chi connectivity index (χ0v) is 9.49. The molecule has 0 aromatic heterocycles. The maximum Gasteiger partial charge on any atom is 0.169 e. The van der Waals surface area contributed by atoms with Crippen molar-refractivity contribution in [1.82, 2.24) is 0 Å². The third-order valence-electron chi connectivity index (χ3n) is 1.98. The summed E-state index contributed by atoms with van der Waals surface area (Å²) in [6.07, 6.45) is 2.97. The lowest BCUT2D eigenvalue weighted by Crippen LogP contribution is -2.00. The van der Waals surface area contributed by atoms with Crippen LogP contribution in [-0.4, -0.2) is 6.61 Å². The number of halogens is 2. The molecule has 0 saturated carbocycles. The van der Waals surface area contributed by atoms with Crippen LogP contribution in [0.25, 0.3) is 0 Å². The Morgan fingerprint density at radius 2 is 2.00 bits per heavy atom. The van der Waals surface area contributed by atoms with Crippen molar-refractivity contribution < 1.29 is 13.5 Å². The van der Waals surface area contributed by atoms with Gasteiger partial charge in [0.1, 0.15) is 5.82 Å². The van der Waals surface area contributed by atoms with Gasteiger partial charge >= 0.3 is 0 Å². The Hall–Kier alpha value is -0.770. The summed E-state index contributed by atoms with van der Waals surface area (Å²) >= 11 is 3.96. The zero-order valence-electron chi connectivity index (χ0n) is 8.59. The molecule has 0 bridgehead atoms. The van der Waals surface area contributed by atoms with Gasteiger partial charge in [-0.1, -0.05) is 19.8 Å². The van der Waals surface area contributed by atoms with Crippen LogP contribution < -0.4 is 4.74 Å². The Bertz CT molecular complexity index is 305. The van der Waals surface area contributed by atoms with Crippen LogP contribution >= 0.6 is 12.6 Å². The molecule has 0 aliphatic rings. The molecule has 1 rings (SSSR count). The molecule has 15 heavy (non-hydrogen) atoms. The summed E-state index contributed by atoms with van der Waals surface area (Å²) in [4.78, 5) is 0.198. The predicted molar refractivity (Wildman–Crippen MR) is 58.6 cm³/mol. The van der Waals surface area contributed by atoms with Gasteiger partial charge in [0.2, 0.25) is 0 Å². The van der Waals surface area contributed by atoms with Crippen molar-refractivity contribution >= 4 is 12.6 Å². The largest absolute Gasteiger partial charge is 0.489 e. The first-order valence-electron chi connectivity index (χ1n) is 4.96. The number of unbranched alkanes of at least 4 members (excludes halogenated alkanes) is 2. The van der Waals surface area contributed by atoms with Crippen LogP contribution in [-0.2, 0) is 0 Å². The summed E-state index contributed by atoms with van der Waals surface area (Å²) in [5, 5.41) is 0. The highest BCUT2D eigenvalue weighted by Crippen LogP contribution is 2.27. The third kappa shape index (κ3) is 3.70. The summed E-state index contributed by atoms with van der Waals surface area (Å²) in [6, 6.07) is 1.94. The lowest BCUT2D eigenvalue weighted by atomic mass is 10.2. The topological polar surface area (TPSA) is 9.23 Å². The first kappa shape index (κ1) is 12.3. The lowest BCUT2D eigenvalue weighted by Gasteiger charge is -2.09. The molecule has 0 aliphatic carbocycles. The molecular formula is C11H14F2OS. The minimum Gasteiger partial charge on any atom is -0.489 e. The molecule has 0 radical (unpaired) electrons. The van der Waals surface area contributed by atoms with Crippen LogP contribution in [0.5, 0.6) is 5.75 Å². The molecule has 0 aliphatic heterocycles. The zero-order chi connectivity index (χ0) is 11.3. The normalized spacial score (nSPS) is 10.4. The van der Waals surface area contributed by atoms with Crippen LogP contribution in [0.1, 0.15) is 26.2 Å². The number of ether oxygens (including phenoxy) is 1. The second-order valence-electron chi connectivity index (χ2n) is 3.29. The van der Waals surface area contributed by atoms with E-state index in [1.165, 1.54) is 0 Å². The van der Waals surface area contributed by atoms with Crippen LogP contribution in [0.3, 0.4) is 0 Å². The molecule has 0 fully saturated rings. The van der Waals surface area contributed by atoms with Crippen molar-refractivity contribution in [2.24, 2.45) is 0 Å². The fraction of sp³-hybridized carbons (Fsp3) is 0.455. The molecule has 84 valence electrons. The van der Waals surface area contributed by atoms with Crippen LogP contribution in [0.2, 0.25) is 0 Å². The summed E-state index contributed by atoms with van der Waals surface area (Å²) in [5.74, 6) is -1.30. The Kier molecular flexibility index (Phi) is 4.88. The Morgan fingerprint density at radius 1 is 1.27 bits per heavy atom. The fourth-order valence-electron chi connectivity index (χ4n) is 1.22. The number of rotatable bonds is 5. The minimum atomic E-state index is -0.698. The SMILES string of the molecule is CCCCCOc1c(F)cc(F)cc1S. The maximum atomic E-state index is 13.2. The van der Waals surface area contributed by atoms with Gasteiger partial charge in [-0.3, -0.25) is 0 Å². The molecule has 1 aromatic rings. The van der Waals surface area contributed by atoms with E-state index in [0.717, 1.165) is 31.4 Å². The summed E-state index contributed by atoms with van der Waals surface area (Å²) in [6.45, 7) is 2.51. The van der Waals surface area contributed by atoms with E-state index in [2.05, 4.69) is 19.6 Å². The van der Waals surface area contributed by atoms with Crippen molar-refractivity contribution in [3.05, 3.63) is 23.8 Å². The van der Waals surface area contributed by atoms with Gasteiger partial charge < -0.3 is 4.74 Å². The van der Waals surface area contributed by atoms with Crippen LogP contribution in [0.15, 0.2) is 17.0 Å². The van der Waals surface area contributed by atoms with E-state index in [0.29, 0.717) is 6.61 Å². The Labute approximate surface area is 93.9 Å². The molecule has 1 nitrogen and oxygen atoms in total. The van der Waals surface area contributed by atoms with Crippen LogP contribution in [0, 0.1) is 11.6 Å². The van der Waals surface area contributed by atoms with Crippen molar-refractivity contribution in [2.75, 3.05) is 6.61 Å². The van der Waals surface area contributed by atoms with Gasteiger partial charge in [-0.2, -0.15) is 0 Å². The number of benzene rings is 1. The molecule has 0 atom stereocenters. The van der Waals surface area contributed by atoms with Crippen molar-refractivity contribution in [2.45, 2.75) is 31.1 Å². The van der Waals surface area contributed by atoms with E-state index in [9.17, 15) is 8.78 Å². The van der Waals surface area contributed by atoms with E-state index < -0.39 is 11.6 Å². The fourth-order valence-corrected chi connectivity index (χ4v) is 1.51. The maximum absolute atomic E-state index is 13.2. The van der Waals surface area contributed by atoms with Crippen molar-refractivity contribution in [3.8, 4) is 5.75 Å². The second-order valence-corrected chi connectivity index (χ2v) is 3.77. The minimum absolute atomic E-state index is 0.0378. The molecule has 0 saturated heterocycles. The van der Waals surface area contributed by atoms with Gasteiger partial charge in [-0.15, -0.1) is 12.6 Å². The summed E-state index contributed by atoms with van der Waals surface area (Å²) in [7, 11) is 0. The first-order chi connectivity index (χ1) is 7.15. The number of thiol groups is 1. The summed E-state index contributed by atoms with van der Waals surface area (Å²) < 4.78 is 31.1. The van der Waals surface area contributed by atoms with Crippen molar-refractivity contribution in [3.63, 3.8) is 0 Å². The standard InChI is InChI=1S/C11H14F2OS/c1-2-3-4-5-14-11-9(13)6-8(12)7-10(11)15/h6-7,15H,2-5H2,1H3. The monoisotopic (exact) mass is 232 g/mol. The van der Waals surface area contributed by atoms with E-state index in [1.54, 1.807) is 0 Å². The quantitative estimate of drug-likeness (QED) is 0.599. The molecular weight excluding hydrogens is 218 g/mol.